The smallest absolute Gasteiger partial charge is 0.276 e. The molecule has 0 aliphatic rings. The van der Waals surface area contributed by atoms with Crippen molar-refractivity contribution in [2.45, 2.75) is 12.5 Å². The van der Waals surface area contributed by atoms with E-state index in [0.29, 0.717) is 28.7 Å². The van der Waals surface area contributed by atoms with Gasteiger partial charge in [-0.25, -0.2) is 14.2 Å². The van der Waals surface area contributed by atoms with E-state index in [2.05, 4.69) is 41.3 Å². The number of carbonyl (C=O) groups excluding carboxylic acids is 2. The highest BCUT2D eigenvalue weighted by Crippen LogP contribution is 2.15. The van der Waals surface area contributed by atoms with Gasteiger partial charge in [0, 0.05) is 61.9 Å². The Bertz CT molecular complexity index is 1310. The zero-order chi connectivity index (χ0) is 29.8. The molecule has 0 atom stereocenters. The van der Waals surface area contributed by atoms with Gasteiger partial charge in [0.25, 0.3) is 11.8 Å². The molecule has 16 heteroatoms. The molecule has 1 N–H and O–H groups in total. The van der Waals surface area contributed by atoms with Crippen molar-refractivity contribution in [3.63, 3.8) is 0 Å². The van der Waals surface area contributed by atoms with E-state index in [1.165, 1.54) is 22.2 Å². The van der Waals surface area contributed by atoms with E-state index in [4.69, 9.17) is 20.9 Å². The Hall–Kier alpha value is -3.36. The molecule has 0 bridgehead atoms. The lowest BCUT2D eigenvalue weighted by molar-refractivity contribution is 0.0977. The molecule has 4 aromatic rings. The zero-order valence-electron chi connectivity index (χ0n) is 22.0. The van der Waals surface area contributed by atoms with Gasteiger partial charge in [-0.2, -0.15) is 0 Å². The number of aliphatic hydroxyl groups excluding tert-OH is 1. The minimum absolute atomic E-state index is 0.144. The van der Waals surface area contributed by atoms with Crippen molar-refractivity contribution in [2.24, 2.45) is 14.1 Å². The summed E-state index contributed by atoms with van der Waals surface area (Å²) in [5, 5.41) is 9.05. The first-order valence-electron chi connectivity index (χ1n) is 11.3. The molecule has 0 unspecified atom stereocenters. The Labute approximate surface area is 247 Å². The van der Waals surface area contributed by atoms with Crippen LogP contribution < -0.4 is 9.80 Å². The van der Waals surface area contributed by atoms with Crippen LogP contribution in [0.2, 0.25) is 0 Å². The number of hydrogen-bond acceptors (Lipinski definition) is 8. The fourth-order valence-corrected chi connectivity index (χ4v) is 3.49. The molecule has 4 rings (SSSR count). The van der Waals surface area contributed by atoms with Crippen LogP contribution in [0.5, 0.6) is 0 Å². The first-order valence-corrected chi connectivity index (χ1v) is 14.7. The number of aliphatic hydroxyl groups is 1. The van der Waals surface area contributed by atoms with E-state index >= 15 is 0 Å². The van der Waals surface area contributed by atoms with Gasteiger partial charge in [0.05, 0.1) is 42.0 Å². The number of pyridine rings is 2. The monoisotopic (exact) mass is 628 g/mol. The molecule has 0 spiro atoms. The summed E-state index contributed by atoms with van der Waals surface area (Å²) in [5.41, 5.74) is 2.35. The van der Waals surface area contributed by atoms with Crippen molar-refractivity contribution in [3.05, 3.63) is 84.5 Å². The first-order chi connectivity index (χ1) is 19.0. The Balaban J connectivity index is 0.000000247. The average Bonchev–Trinajstić information content (AvgIpc) is 3.53. The molecule has 214 valence electrons. The van der Waals surface area contributed by atoms with Crippen molar-refractivity contribution in [3.8, 4) is 0 Å². The summed E-state index contributed by atoms with van der Waals surface area (Å²) in [6.07, 6.45) is 9.55. The van der Waals surface area contributed by atoms with E-state index < -0.39 is 9.23 Å². The minimum Gasteiger partial charge on any atom is -0.388 e. The second-order valence-corrected chi connectivity index (χ2v) is 10.7. The number of nitrogens with zero attached hydrogens (tertiary/aromatic N) is 8. The number of amides is 2. The Kier molecular flexibility index (Phi) is 13.2. The van der Waals surface area contributed by atoms with Crippen LogP contribution in [0.15, 0.2) is 61.4 Å². The minimum atomic E-state index is -1.67. The molecule has 12 nitrogen and oxygen atoms in total. The van der Waals surface area contributed by atoms with Crippen LogP contribution in [-0.2, 0) is 35.8 Å². The normalized spacial score (nSPS) is 10.2. The third-order valence-corrected chi connectivity index (χ3v) is 5.78. The van der Waals surface area contributed by atoms with Crippen LogP contribution in [0, 0.1) is 0 Å². The molecule has 0 aromatic carbocycles. The summed E-state index contributed by atoms with van der Waals surface area (Å²) in [7, 11) is 14.2. The predicted octanol–water partition coefficient (Wildman–Crippen LogP) is 3.46. The summed E-state index contributed by atoms with van der Waals surface area (Å²) in [6, 6.07) is 7.17. The van der Waals surface area contributed by atoms with Gasteiger partial charge in [0.2, 0.25) is 9.23 Å². The molecule has 0 saturated heterocycles. The molecule has 4 heterocycles. The third kappa shape index (κ3) is 8.83. The lowest BCUT2D eigenvalue weighted by Crippen LogP contribution is -2.28. The first kappa shape index (κ1) is 32.8. The van der Waals surface area contributed by atoms with Gasteiger partial charge < -0.3 is 24.0 Å². The van der Waals surface area contributed by atoms with Crippen LogP contribution in [-0.4, -0.2) is 64.3 Å². The van der Waals surface area contributed by atoms with Crippen LogP contribution in [0.1, 0.15) is 32.6 Å². The quantitative estimate of drug-likeness (QED) is 0.253. The Morgan fingerprint density at radius 1 is 0.850 bits per heavy atom. The Morgan fingerprint density at radius 3 is 1.55 bits per heavy atom. The molecule has 0 radical (unpaired) electrons. The highest BCUT2D eigenvalue weighted by molar-refractivity contribution is 8.26. The summed E-state index contributed by atoms with van der Waals surface area (Å²) in [6.45, 7) is -0.194. The molecule has 40 heavy (non-hydrogen) atoms. The standard InChI is InChI=1S/C12H13ClN4O.C12H14N4O2.Cl2OS/c1-16(9-4-3-5-14-7-9)12(18)10-8-15-11(6-13)17(10)2;1-15(9-4-3-5-13-6-9)12(18)10-7-14-11(8-17)16(10)2;1-4(2)3/h3-5,7-8H,6H2,1-2H3;3-7,17H,8H2,1-2H3;. The van der Waals surface area contributed by atoms with Gasteiger partial charge in [-0.15, -0.1) is 11.6 Å². The number of anilines is 2. The third-order valence-electron chi connectivity index (χ3n) is 5.54. The summed E-state index contributed by atoms with van der Waals surface area (Å²) in [4.78, 5) is 43.6. The zero-order valence-corrected chi connectivity index (χ0v) is 25.1. The van der Waals surface area contributed by atoms with Crippen molar-refractivity contribution in [1.82, 2.24) is 29.1 Å². The van der Waals surface area contributed by atoms with Crippen LogP contribution >= 0.6 is 33.0 Å². The van der Waals surface area contributed by atoms with Crippen LogP contribution in [0.3, 0.4) is 0 Å². The maximum absolute atomic E-state index is 12.3. The maximum atomic E-state index is 12.3. The van der Waals surface area contributed by atoms with Crippen LogP contribution in [0.4, 0.5) is 11.4 Å². The highest BCUT2D eigenvalue weighted by atomic mass is 36.0. The number of rotatable bonds is 6. The summed E-state index contributed by atoms with van der Waals surface area (Å²) >= 11 is 5.73. The van der Waals surface area contributed by atoms with Crippen molar-refractivity contribution in [2.75, 3.05) is 23.9 Å². The fraction of sp³-hybridized carbons (Fsp3) is 0.250. The average molecular weight is 630 g/mol. The molecule has 4 aromatic heterocycles. The lowest BCUT2D eigenvalue weighted by atomic mass is 10.3. The number of aromatic nitrogens is 6. The molecule has 0 saturated carbocycles. The van der Waals surface area contributed by atoms with E-state index in [0.717, 1.165) is 5.69 Å². The number of imidazole rings is 2. The largest absolute Gasteiger partial charge is 0.388 e. The Morgan fingerprint density at radius 2 is 1.25 bits per heavy atom. The molecule has 0 aliphatic heterocycles. The summed E-state index contributed by atoms with van der Waals surface area (Å²) < 4.78 is 12.4. The molecular weight excluding hydrogens is 603 g/mol. The molecule has 2 amide bonds. The summed E-state index contributed by atoms with van der Waals surface area (Å²) in [5.74, 6) is 1.06. The molecular formula is C24H27Cl3N8O4S. The molecule has 0 aliphatic carbocycles. The van der Waals surface area contributed by atoms with E-state index in [-0.39, 0.29) is 24.3 Å². The van der Waals surface area contributed by atoms with Crippen molar-refractivity contribution in [1.29, 1.82) is 0 Å². The highest BCUT2D eigenvalue weighted by Gasteiger charge is 2.19. The van der Waals surface area contributed by atoms with Gasteiger partial charge in [-0.3, -0.25) is 19.6 Å². The van der Waals surface area contributed by atoms with Gasteiger partial charge >= 0.3 is 0 Å². The van der Waals surface area contributed by atoms with Gasteiger partial charge in [0.1, 0.15) is 29.6 Å². The lowest BCUT2D eigenvalue weighted by Gasteiger charge is -2.16. The van der Waals surface area contributed by atoms with Crippen LogP contribution in [0.25, 0.3) is 0 Å². The van der Waals surface area contributed by atoms with Gasteiger partial charge in [0.15, 0.2) is 0 Å². The number of alkyl halides is 1. The van der Waals surface area contributed by atoms with E-state index in [9.17, 15) is 9.59 Å². The second-order valence-electron chi connectivity index (χ2n) is 7.86. The predicted molar refractivity (Wildman–Crippen MR) is 156 cm³/mol. The SMILES string of the molecule is CN(C(=O)c1cnc(CCl)n1C)c1cccnc1.CN(C(=O)c1cnc(CO)n1C)c1cccnc1.O=S(Cl)Cl. The fourth-order valence-electron chi connectivity index (χ4n) is 3.25. The van der Waals surface area contributed by atoms with Crippen molar-refractivity contribution >= 4 is 65.4 Å². The van der Waals surface area contributed by atoms with Crippen molar-refractivity contribution < 1.29 is 18.9 Å². The topological polar surface area (TPSA) is 139 Å². The second kappa shape index (κ2) is 16.0. The van der Waals surface area contributed by atoms with E-state index in [1.807, 2.05) is 6.07 Å². The number of hydrogen-bond donors (Lipinski definition) is 1. The van der Waals surface area contributed by atoms with Gasteiger partial charge in [-0.05, 0) is 24.3 Å². The number of halogens is 3. The van der Waals surface area contributed by atoms with Gasteiger partial charge in [-0.1, -0.05) is 0 Å². The maximum Gasteiger partial charge on any atom is 0.276 e. The van der Waals surface area contributed by atoms with E-state index in [1.54, 1.807) is 80.3 Å². The number of carbonyl (C=O) groups is 2. The molecule has 0 fully saturated rings.